The monoisotopic (exact) mass is 286 g/mol. The second-order valence-corrected chi connectivity index (χ2v) is 5.29. The molecule has 7 heteroatoms. The highest BCUT2D eigenvalue weighted by Crippen LogP contribution is 2.19. The van der Waals surface area contributed by atoms with E-state index in [9.17, 15) is 0 Å². The molecule has 0 atom stereocenters. The molecule has 3 rings (SSSR count). The van der Waals surface area contributed by atoms with E-state index in [1.165, 1.54) is 5.56 Å². The molecule has 102 valence electrons. The van der Waals surface area contributed by atoms with E-state index in [1.807, 2.05) is 40.7 Å². The van der Waals surface area contributed by atoms with Crippen LogP contribution in [0.4, 0.5) is 0 Å². The first kappa shape index (κ1) is 12.9. The van der Waals surface area contributed by atoms with Crippen molar-refractivity contribution in [1.82, 2.24) is 29.8 Å². The fourth-order valence-corrected chi connectivity index (χ4v) is 2.70. The summed E-state index contributed by atoms with van der Waals surface area (Å²) in [7, 11) is 1.98. The van der Waals surface area contributed by atoms with Gasteiger partial charge in [-0.2, -0.15) is 0 Å². The summed E-state index contributed by atoms with van der Waals surface area (Å²) in [5, 5.41) is 12.7. The van der Waals surface area contributed by atoms with Crippen LogP contribution in [0.2, 0.25) is 0 Å². The second kappa shape index (κ2) is 5.87. The van der Waals surface area contributed by atoms with Gasteiger partial charge in [0.1, 0.15) is 5.82 Å². The van der Waals surface area contributed by atoms with Gasteiger partial charge in [0, 0.05) is 19.4 Å². The van der Waals surface area contributed by atoms with Gasteiger partial charge in [-0.1, -0.05) is 42.1 Å². The van der Waals surface area contributed by atoms with Crippen molar-refractivity contribution in [2.75, 3.05) is 0 Å². The van der Waals surface area contributed by atoms with Gasteiger partial charge in [-0.15, -0.1) is 5.10 Å². The van der Waals surface area contributed by atoms with Crippen molar-refractivity contribution in [3.63, 3.8) is 0 Å². The number of rotatable bonds is 5. The molecule has 0 saturated heterocycles. The molecule has 6 nitrogen and oxygen atoms in total. The highest BCUT2D eigenvalue weighted by atomic mass is 32.2. The summed E-state index contributed by atoms with van der Waals surface area (Å²) in [6.07, 6.45) is 3.73. The Morgan fingerprint density at radius 3 is 2.80 bits per heavy atom. The van der Waals surface area contributed by atoms with E-state index in [0.717, 1.165) is 16.7 Å². The molecule has 0 amide bonds. The minimum absolute atomic E-state index is 0.677. The van der Waals surface area contributed by atoms with Crippen molar-refractivity contribution in [3.8, 4) is 0 Å². The van der Waals surface area contributed by atoms with Crippen molar-refractivity contribution in [2.24, 2.45) is 7.05 Å². The Morgan fingerprint density at radius 1 is 1.20 bits per heavy atom. The Balaban J connectivity index is 1.69. The lowest BCUT2D eigenvalue weighted by molar-refractivity contribution is 0.602. The van der Waals surface area contributed by atoms with Crippen LogP contribution in [-0.4, -0.2) is 29.8 Å². The molecule has 0 saturated carbocycles. The molecule has 0 bridgehead atoms. The van der Waals surface area contributed by atoms with Crippen LogP contribution in [0.5, 0.6) is 0 Å². The van der Waals surface area contributed by atoms with E-state index >= 15 is 0 Å². The molecule has 2 heterocycles. The minimum atomic E-state index is 0.677. The van der Waals surface area contributed by atoms with E-state index in [-0.39, 0.29) is 0 Å². The predicted molar refractivity (Wildman–Crippen MR) is 76.1 cm³/mol. The largest absolute Gasteiger partial charge is 0.337 e. The van der Waals surface area contributed by atoms with E-state index in [0.29, 0.717) is 6.54 Å². The van der Waals surface area contributed by atoms with Gasteiger partial charge < -0.3 is 4.57 Å². The van der Waals surface area contributed by atoms with Crippen LogP contribution in [0.15, 0.2) is 47.9 Å². The summed E-state index contributed by atoms with van der Waals surface area (Å²) in [5.74, 6) is 1.75. The summed E-state index contributed by atoms with van der Waals surface area (Å²) < 4.78 is 3.81. The second-order valence-electron chi connectivity index (χ2n) is 4.35. The summed E-state index contributed by atoms with van der Waals surface area (Å²) in [6, 6.07) is 10.2. The van der Waals surface area contributed by atoms with E-state index in [4.69, 9.17) is 0 Å². The molecule has 0 radical (unpaired) electrons. The Labute approximate surface area is 120 Å². The molecule has 0 N–H and O–H groups in total. The Hall–Kier alpha value is -2.15. The van der Waals surface area contributed by atoms with Gasteiger partial charge in [0.2, 0.25) is 5.16 Å². The molecule has 1 aromatic carbocycles. The van der Waals surface area contributed by atoms with Crippen LogP contribution in [-0.2, 0) is 19.3 Å². The number of hydrogen-bond donors (Lipinski definition) is 0. The molecule has 0 fully saturated rings. The Kier molecular flexibility index (Phi) is 3.78. The molecule has 0 aliphatic rings. The van der Waals surface area contributed by atoms with Crippen LogP contribution in [0.3, 0.4) is 0 Å². The third-order valence-corrected chi connectivity index (χ3v) is 3.88. The molecule has 0 aliphatic heterocycles. The molecule has 0 unspecified atom stereocenters. The van der Waals surface area contributed by atoms with Crippen molar-refractivity contribution in [1.29, 1.82) is 0 Å². The first-order valence-corrected chi connectivity index (χ1v) is 7.20. The maximum absolute atomic E-state index is 4.29. The quantitative estimate of drug-likeness (QED) is 0.669. The summed E-state index contributed by atoms with van der Waals surface area (Å²) in [5.41, 5.74) is 1.18. The number of benzene rings is 1. The van der Waals surface area contributed by atoms with Gasteiger partial charge in [-0.3, -0.25) is 0 Å². The zero-order valence-electron chi connectivity index (χ0n) is 11.0. The highest BCUT2D eigenvalue weighted by molar-refractivity contribution is 7.98. The predicted octanol–water partition coefficient (Wildman–Crippen LogP) is 1.75. The molecular weight excluding hydrogens is 272 g/mol. The Morgan fingerprint density at radius 2 is 2.05 bits per heavy atom. The lowest BCUT2D eigenvalue weighted by atomic mass is 10.2. The van der Waals surface area contributed by atoms with Gasteiger partial charge in [0.25, 0.3) is 0 Å². The van der Waals surface area contributed by atoms with E-state index < -0.39 is 0 Å². The number of aryl methyl sites for hydroxylation is 1. The van der Waals surface area contributed by atoms with Gasteiger partial charge in [-0.25, -0.2) is 9.67 Å². The number of tetrazole rings is 1. The lowest BCUT2D eigenvalue weighted by Gasteiger charge is -2.04. The fourth-order valence-electron chi connectivity index (χ4n) is 1.82. The van der Waals surface area contributed by atoms with Gasteiger partial charge in [0.05, 0.1) is 12.3 Å². The topological polar surface area (TPSA) is 61.4 Å². The zero-order valence-corrected chi connectivity index (χ0v) is 11.9. The number of imidazole rings is 1. The summed E-state index contributed by atoms with van der Waals surface area (Å²) in [6.45, 7) is 0.677. The summed E-state index contributed by atoms with van der Waals surface area (Å²) >= 11 is 1.59. The highest BCUT2D eigenvalue weighted by Gasteiger charge is 2.09. The van der Waals surface area contributed by atoms with Crippen molar-refractivity contribution >= 4 is 11.8 Å². The van der Waals surface area contributed by atoms with E-state index in [2.05, 4.69) is 32.6 Å². The molecule has 2 aromatic heterocycles. The zero-order chi connectivity index (χ0) is 13.8. The van der Waals surface area contributed by atoms with Crippen LogP contribution in [0, 0.1) is 0 Å². The smallest absolute Gasteiger partial charge is 0.210 e. The molecule has 3 aromatic rings. The van der Waals surface area contributed by atoms with Crippen LogP contribution < -0.4 is 0 Å². The third kappa shape index (κ3) is 2.88. The normalized spacial score (nSPS) is 10.8. The van der Waals surface area contributed by atoms with Crippen molar-refractivity contribution < 1.29 is 0 Å². The summed E-state index contributed by atoms with van der Waals surface area (Å²) in [4.78, 5) is 4.29. The van der Waals surface area contributed by atoms with Gasteiger partial charge in [0.15, 0.2) is 0 Å². The minimum Gasteiger partial charge on any atom is -0.337 e. The van der Waals surface area contributed by atoms with Crippen LogP contribution >= 0.6 is 11.8 Å². The maximum Gasteiger partial charge on any atom is 0.210 e. The molecular formula is C13H14N6S. The molecule has 0 aliphatic carbocycles. The lowest BCUT2D eigenvalue weighted by Crippen LogP contribution is -2.04. The molecule has 20 heavy (non-hydrogen) atoms. The van der Waals surface area contributed by atoms with Gasteiger partial charge >= 0.3 is 0 Å². The number of hydrogen-bond acceptors (Lipinski definition) is 5. The van der Waals surface area contributed by atoms with E-state index in [1.54, 1.807) is 18.0 Å². The van der Waals surface area contributed by atoms with Crippen LogP contribution in [0.25, 0.3) is 0 Å². The maximum atomic E-state index is 4.29. The average Bonchev–Trinajstić information content (AvgIpc) is 3.07. The Bertz CT molecular complexity index is 675. The van der Waals surface area contributed by atoms with Gasteiger partial charge in [-0.05, 0) is 16.0 Å². The molecule has 0 spiro atoms. The first-order valence-electron chi connectivity index (χ1n) is 6.22. The number of aromatic nitrogens is 6. The third-order valence-electron chi connectivity index (χ3n) is 2.93. The standard InChI is InChI=1S/C13H14N6S/c1-18-8-7-14-12(18)10-20-13-15-16-17-19(13)9-11-5-3-2-4-6-11/h2-8H,9-10H2,1H3. The SMILES string of the molecule is Cn1ccnc1CSc1nnnn1Cc1ccccc1. The average molecular weight is 286 g/mol. The van der Waals surface area contributed by atoms with Crippen LogP contribution in [0.1, 0.15) is 11.4 Å². The fraction of sp³-hybridized carbons (Fsp3) is 0.231. The number of nitrogens with zero attached hydrogens (tertiary/aromatic N) is 6. The van der Waals surface area contributed by atoms with Crippen molar-refractivity contribution in [2.45, 2.75) is 17.5 Å². The number of thioether (sulfide) groups is 1. The first-order chi connectivity index (χ1) is 9.83. The van der Waals surface area contributed by atoms with Crippen molar-refractivity contribution in [3.05, 3.63) is 54.1 Å².